The van der Waals surface area contributed by atoms with E-state index in [4.69, 9.17) is 5.26 Å². The van der Waals surface area contributed by atoms with Gasteiger partial charge in [-0.05, 0) is 56.3 Å². The van der Waals surface area contributed by atoms with Crippen LogP contribution in [-0.4, -0.2) is 42.0 Å². The number of aryl methyl sites for hydroxylation is 2. The van der Waals surface area contributed by atoms with Crippen LogP contribution in [0.5, 0.6) is 0 Å². The van der Waals surface area contributed by atoms with E-state index in [9.17, 15) is 13.2 Å². The van der Waals surface area contributed by atoms with Gasteiger partial charge >= 0.3 is 0 Å². The van der Waals surface area contributed by atoms with Crippen LogP contribution in [0.25, 0.3) is 5.69 Å². The Balaban J connectivity index is 1.77. The number of hydrogen-bond donors (Lipinski definition) is 1. The molecule has 154 valence electrons. The topological polar surface area (TPSA) is 108 Å². The van der Waals surface area contributed by atoms with Crippen molar-refractivity contribution >= 4 is 21.6 Å². The fourth-order valence-electron chi connectivity index (χ4n) is 3.00. The van der Waals surface area contributed by atoms with Gasteiger partial charge in [0.05, 0.1) is 40.1 Å². The van der Waals surface area contributed by atoms with Gasteiger partial charge in [0.2, 0.25) is 15.9 Å². The van der Waals surface area contributed by atoms with E-state index >= 15 is 0 Å². The Bertz CT molecular complexity index is 1220. The van der Waals surface area contributed by atoms with Gasteiger partial charge in [0.15, 0.2) is 0 Å². The number of carbonyl (C=O) groups is 1. The summed E-state index contributed by atoms with van der Waals surface area (Å²) in [4.78, 5) is 12.6. The quantitative estimate of drug-likeness (QED) is 0.656. The number of likely N-dealkylation sites (N-methyl/N-ethyl adjacent to an activating group) is 1. The van der Waals surface area contributed by atoms with Crippen LogP contribution < -0.4 is 5.32 Å². The van der Waals surface area contributed by atoms with Crippen molar-refractivity contribution in [3.05, 3.63) is 71.5 Å². The van der Waals surface area contributed by atoms with Crippen molar-refractivity contribution in [1.82, 2.24) is 14.1 Å². The Morgan fingerprint density at radius 2 is 1.83 bits per heavy atom. The van der Waals surface area contributed by atoms with E-state index in [2.05, 4.69) is 10.4 Å². The maximum absolute atomic E-state index is 12.7. The molecule has 0 aliphatic rings. The van der Waals surface area contributed by atoms with Crippen LogP contribution >= 0.6 is 0 Å². The molecule has 0 fully saturated rings. The Hall–Kier alpha value is -3.48. The number of nitriles is 1. The SMILES string of the molecule is Cc1cc(C)n(-c2ccccc2NC(=O)CN(C)S(=O)(=O)c2ccc(C#N)cc2)n1. The number of hydrogen-bond acceptors (Lipinski definition) is 5. The van der Waals surface area contributed by atoms with Gasteiger partial charge in [-0.25, -0.2) is 13.1 Å². The zero-order valence-corrected chi connectivity index (χ0v) is 17.6. The molecule has 1 N–H and O–H groups in total. The average molecular weight is 423 g/mol. The van der Waals surface area contributed by atoms with Gasteiger partial charge < -0.3 is 5.32 Å². The zero-order valence-electron chi connectivity index (χ0n) is 16.8. The molecule has 0 spiro atoms. The van der Waals surface area contributed by atoms with E-state index < -0.39 is 15.9 Å². The number of nitrogens with one attached hydrogen (secondary N) is 1. The first-order valence-electron chi connectivity index (χ1n) is 9.11. The molecule has 0 saturated carbocycles. The van der Waals surface area contributed by atoms with Crippen LogP contribution in [0.3, 0.4) is 0 Å². The third kappa shape index (κ3) is 4.40. The molecular weight excluding hydrogens is 402 g/mol. The van der Waals surface area contributed by atoms with Gasteiger partial charge in [0.25, 0.3) is 0 Å². The van der Waals surface area contributed by atoms with Gasteiger partial charge in [-0.3, -0.25) is 4.79 Å². The molecule has 8 nitrogen and oxygen atoms in total. The summed E-state index contributed by atoms with van der Waals surface area (Å²) in [5.41, 5.74) is 3.33. The maximum Gasteiger partial charge on any atom is 0.243 e. The van der Waals surface area contributed by atoms with Gasteiger partial charge in [-0.15, -0.1) is 0 Å². The summed E-state index contributed by atoms with van der Waals surface area (Å²) in [6, 6.07) is 16.6. The van der Waals surface area contributed by atoms with E-state index in [0.717, 1.165) is 15.7 Å². The predicted molar refractivity (Wildman–Crippen MR) is 113 cm³/mol. The smallest absolute Gasteiger partial charge is 0.243 e. The molecule has 1 heterocycles. The fraction of sp³-hybridized carbons (Fsp3) is 0.190. The zero-order chi connectivity index (χ0) is 21.9. The standard InChI is InChI=1S/C21H21N5O3S/c1-15-12-16(2)26(24-15)20-7-5-4-6-19(20)23-21(27)14-25(3)30(28,29)18-10-8-17(13-22)9-11-18/h4-12H,14H2,1-3H3,(H,23,27). The highest BCUT2D eigenvalue weighted by Gasteiger charge is 2.23. The molecule has 0 aliphatic heterocycles. The molecule has 0 aliphatic carbocycles. The first kappa shape index (κ1) is 21.2. The number of nitrogens with zero attached hydrogens (tertiary/aromatic N) is 4. The maximum atomic E-state index is 12.7. The summed E-state index contributed by atoms with van der Waals surface area (Å²) in [5.74, 6) is -0.483. The first-order valence-corrected chi connectivity index (χ1v) is 10.6. The van der Waals surface area contributed by atoms with Crippen molar-refractivity contribution in [2.24, 2.45) is 0 Å². The number of rotatable bonds is 6. The van der Waals surface area contributed by atoms with Crippen LogP contribution in [0.15, 0.2) is 59.5 Å². The third-order valence-electron chi connectivity index (χ3n) is 4.47. The lowest BCUT2D eigenvalue weighted by atomic mass is 10.2. The predicted octanol–water partition coefficient (Wildman–Crippen LogP) is 2.62. The number of anilines is 1. The molecule has 1 aromatic heterocycles. The molecule has 3 aromatic rings. The Kier molecular flexibility index (Phi) is 6.01. The highest BCUT2D eigenvalue weighted by atomic mass is 32.2. The molecule has 0 saturated heterocycles. The summed E-state index contributed by atoms with van der Waals surface area (Å²) >= 11 is 0. The van der Waals surface area contributed by atoms with Crippen LogP contribution in [0.1, 0.15) is 17.0 Å². The molecule has 2 aromatic carbocycles. The summed E-state index contributed by atoms with van der Waals surface area (Å²) in [6.45, 7) is 3.43. The normalized spacial score (nSPS) is 11.3. The lowest BCUT2D eigenvalue weighted by Gasteiger charge is -2.18. The van der Waals surface area contributed by atoms with Crippen molar-refractivity contribution in [1.29, 1.82) is 5.26 Å². The van der Waals surface area contributed by atoms with E-state index in [1.807, 2.05) is 38.1 Å². The van der Waals surface area contributed by atoms with Gasteiger partial charge in [0.1, 0.15) is 0 Å². The number of aromatic nitrogens is 2. The number of amides is 1. The summed E-state index contributed by atoms with van der Waals surface area (Å²) < 4.78 is 28.1. The lowest BCUT2D eigenvalue weighted by Crippen LogP contribution is -2.35. The van der Waals surface area contributed by atoms with Crippen molar-refractivity contribution < 1.29 is 13.2 Å². The van der Waals surface area contributed by atoms with Crippen molar-refractivity contribution in [2.45, 2.75) is 18.7 Å². The highest BCUT2D eigenvalue weighted by molar-refractivity contribution is 7.89. The highest BCUT2D eigenvalue weighted by Crippen LogP contribution is 2.22. The van der Waals surface area contributed by atoms with Crippen molar-refractivity contribution in [2.75, 3.05) is 18.9 Å². The summed E-state index contributed by atoms with van der Waals surface area (Å²) in [6.07, 6.45) is 0. The number of benzene rings is 2. The molecule has 0 bridgehead atoms. The Morgan fingerprint density at radius 3 is 2.43 bits per heavy atom. The molecular formula is C21H21N5O3S. The van der Waals surface area contributed by atoms with Crippen molar-refractivity contribution in [3.8, 4) is 11.8 Å². The van der Waals surface area contributed by atoms with Crippen LogP contribution in [0.2, 0.25) is 0 Å². The Labute approximate surface area is 175 Å². The van der Waals surface area contributed by atoms with E-state index in [1.165, 1.54) is 31.3 Å². The minimum atomic E-state index is -3.87. The van der Waals surface area contributed by atoms with E-state index in [-0.39, 0.29) is 11.4 Å². The van der Waals surface area contributed by atoms with E-state index in [1.54, 1.807) is 16.8 Å². The number of para-hydroxylation sites is 2. The number of sulfonamides is 1. The monoisotopic (exact) mass is 423 g/mol. The second-order valence-electron chi connectivity index (χ2n) is 6.80. The largest absolute Gasteiger partial charge is 0.323 e. The first-order chi connectivity index (χ1) is 14.2. The van der Waals surface area contributed by atoms with Gasteiger partial charge in [0, 0.05) is 12.7 Å². The van der Waals surface area contributed by atoms with E-state index in [0.29, 0.717) is 16.9 Å². The molecule has 0 radical (unpaired) electrons. The number of carbonyl (C=O) groups excluding carboxylic acids is 1. The second kappa shape index (κ2) is 8.49. The molecule has 0 atom stereocenters. The molecule has 3 rings (SSSR count). The minimum Gasteiger partial charge on any atom is -0.323 e. The molecule has 9 heteroatoms. The second-order valence-corrected chi connectivity index (χ2v) is 8.85. The summed E-state index contributed by atoms with van der Waals surface area (Å²) in [7, 11) is -2.54. The molecule has 1 amide bonds. The third-order valence-corrected chi connectivity index (χ3v) is 6.29. The average Bonchev–Trinajstić information content (AvgIpc) is 3.06. The van der Waals surface area contributed by atoms with Gasteiger partial charge in [-0.2, -0.15) is 14.7 Å². The fourth-order valence-corrected chi connectivity index (χ4v) is 4.12. The minimum absolute atomic E-state index is 0.0137. The van der Waals surface area contributed by atoms with Crippen LogP contribution in [0, 0.1) is 25.2 Å². The Morgan fingerprint density at radius 1 is 1.17 bits per heavy atom. The van der Waals surface area contributed by atoms with Crippen molar-refractivity contribution in [3.63, 3.8) is 0 Å². The lowest BCUT2D eigenvalue weighted by molar-refractivity contribution is -0.116. The van der Waals surface area contributed by atoms with Crippen LogP contribution in [-0.2, 0) is 14.8 Å². The van der Waals surface area contributed by atoms with Gasteiger partial charge in [-0.1, -0.05) is 12.1 Å². The molecule has 0 unspecified atom stereocenters. The molecule has 30 heavy (non-hydrogen) atoms. The van der Waals surface area contributed by atoms with Crippen LogP contribution in [0.4, 0.5) is 5.69 Å². The summed E-state index contributed by atoms with van der Waals surface area (Å²) in [5, 5.41) is 16.1.